The Bertz CT molecular complexity index is 736. The van der Waals surface area contributed by atoms with Crippen LogP contribution in [0, 0.1) is 0 Å². The lowest BCUT2D eigenvalue weighted by molar-refractivity contribution is 0.0270. The van der Waals surface area contributed by atoms with Crippen LogP contribution in [0.25, 0.3) is 0 Å². The highest BCUT2D eigenvalue weighted by atomic mass is 79.9. The van der Waals surface area contributed by atoms with Gasteiger partial charge in [-0.2, -0.15) is 0 Å². The van der Waals surface area contributed by atoms with E-state index in [1.807, 2.05) is 72.2 Å². The number of amides is 2. The maximum Gasteiger partial charge on any atom is 0.254 e. The highest BCUT2D eigenvalue weighted by Crippen LogP contribution is 2.22. The van der Waals surface area contributed by atoms with Gasteiger partial charge in [0, 0.05) is 45.2 Å². The van der Waals surface area contributed by atoms with Gasteiger partial charge in [-0.1, -0.05) is 31.9 Å². The molecule has 0 bridgehead atoms. The molecule has 0 aromatic heterocycles. The lowest BCUT2D eigenvalue weighted by Crippen LogP contribution is -2.59. The first kappa shape index (κ1) is 19.1. The molecule has 3 rings (SSSR count). The summed E-state index contributed by atoms with van der Waals surface area (Å²) in [7, 11) is 0. The van der Waals surface area contributed by atoms with Crippen molar-refractivity contribution < 1.29 is 9.59 Å². The van der Waals surface area contributed by atoms with Crippen LogP contribution in [0.3, 0.4) is 0 Å². The van der Waals surface area contributed by atoms with Crippen LogP contribution in [0.15, 0.2) is 57.5 Å². The highest BCUT2D eigenvalue weighted by molar-refractivity contribution is 9.10. The zero-order valence-corrected chi connectivity index (χ0v) is 17.8. The van der Waals surface area contributed by atoms with E-state index in [-0.39, 0.29) is 23.9 Å². The normalized spacial score (nSPS) is 20.2. The topological polar surface area (TPSA) is 40.6 Å². The quantitative estimate of drug-likeness (QED) is 0.632. The Labute approximate surface area is 170 Å². The Morgan fingerprint density at radius 2 is 1.04 bits per heavy atom. The lowest BCUT2D eigenvalue weighted by Gasteiger charge is -2.44. The highest BCUT2D eigenvalue weighted by Gasteiger charge is 2.35. The molecule has 1 aliphatic rings. The van der Waals surface area contributed by atoms with Gasteiger partial charge in [-0.25, -0.2) is 0 Å². The fourth-order valence-electron chi connectivity index (χ4n) is 3.21. The summed E-state index contributed by atoms with van der Waals surface area (Å²) in [6.45, 7) is 5.03. The van der Waals surface area contributed by atoms with Gasteiger partial charge in [0.1, 0.15) is 0 Å². The number of piperazine rings is 1. The molecule has 0 aliphatic carbocycles. The Hall–Kier alpha value is -1.66. The third-order valence-electron chi connectivity index (χ3n) is 4.69. The van der Waals surface area contributed by atoms with Gasteiger partial charge in [-0.05, 0) is 62.4 Å². The molecule has 136 valence electrons. The predicted octanol–water partition coefficient (Wildman–Crippen LogP) is 4.59. The SMILES string of the molecule is CC1CN(C(=O)c2ccc(Br)cc2)C(C)CN1C(=O)c1ccc(Br)cc1. The molecule has 1 fully saturated rings. The Morgan fingerprint density at radius 1 is 0.731 bits per heavy atom. The van der Waals surface area contributed by atoms with E-state index in [4.69, 9.17) is 0 Å². The van der Waals surface area contributed by atoms with Crippen LogP contribution in [0.5, 0.6) is 0 Å². The lowest BCUT2D eigenvalue weighted by atomic mass is 10.0. The number of rotatable bonds is 2. The molecule has 2 aromatic rings. The smallest absolute Gasteiger partial charge is 0.254 e. The van der Waals surface area contributed by atoms with Gasteiger partial charge >= 0.3 is 0 Å². The fourth-order valence-corrected chi connectivity index (χ4v) is 3.74. The zero-order valence-electron chi connectivity index (χ0n) is 14.7. The minimum Gasteiger partial charge on any atom is -0.332 e. The Balaban J connectivity index is 1.74. The number of carbonyl (C=O) groups is 2. The summed E-state index contributed by atoms with van der Waals surface area (Å²) in [6.07, 6.45) is 0. The zero-order chi connectivity index (χ0) is 18.8. The van der Waals surface area contributed by atoms with Crippen molar-refractivity contribution in [3.8, 4) is 0 Å². The molecule has 1 saturated heterocycles. The fraction of sp³-hybridized carbons (Fsp3) is 0.300. The average Bonchev–Trinajstić information content (AvgIpc) is 2.63. The van der Waals surface area contributed by atoms with Crippen molar-refractivity contribution in [2.45, 2.75) is 25.9 Å². The van der Waals surface area contributed by atoms with E-state index in [0.29, 0.717) is 24.2 Å². The number of carbonyl (C=O) groups excluding carboxylic acids is 2. The third-order valence-corrected chi connectivity index (χ3v) is 5.75. The first-order valence-corrected chi connectivity index (χ1v) is 10.1. The van der Waals surface area contributed by atoms with E-state index in [2.05, 4.69) is 31.9 Å². The van der Waals surface area contributed by atoms with E-state index in [0.717, 1.165) is 8.95 Å². The van der Waals surface area contributed by atoms with E-state index in [1.165, 1.54) is 0 Å². The molecule has 1 heterocycles. The Kier molecular flexibility index (Phi) is 5.82. The molecule has 2 aromatic carbocycles. The van der Waals surface area contributed by atoms with Crippen molar-refractivity contribution in [3.05, 3.63) is 68.6 Å². The summed E-state index contributed by atoms with van der Waals surface area (Å²) in [6, 6.07) is 14.7. The standard InChI is InChI=1S/C20H20Br2N2O2/c1-13-11-24(20(26)16-5-9-18(22)10-6-16)14(2)12-23(13)19(25)15-3-7-17(21)8-4-15/h3-10,13-14H,11-12H2,1-2H3. The van der Waals surface area contributed by atoms with Gasteiger partial charge in [-0.15, -0.1) is 0 Å². The maximum atomic E-state index is 12.9. The number of hydrogen-bond donors (Lipinski definition) is 0. The van der Waals surface area contributed by atoms with Crippen molar-refractivity contribution in [2.24, 2.45) is 0 Å². The average molecular weight is 480 g/mol. The predicted molar refractivity (Wildman–Crippen MR) is 109 cm³/mol. The molecule has 2 amide bonds. The molecule has 4 nitrogen and oxygen atoms in total. The molecule has 26 heavy (non-hydrogen) atoms. The van der Waals surface area contributed by atoms with Crippen molar-refractivity contribution >= 4 is 43.7 Å². The van der Waals surface area contributed by atoms with E-state index >= 15 is 0 Å². The third kappa shape index (κ3) is 4.01. The minimum atomic E-state index is -0.0401. The molecule has 1 aliphatic heterocycles. The number of halogens is 2. The molecule has 0 radical (unpaired) electrons. The van der Waals surface area contributed by atoms with Gasteiger partial charge in [-0.3, -0.25) is 9.59 Å². The van der Waals surface area contributed by atoms with Crippen LogP contribution in [0.2, 0.25) is 0 Å². The van der Waals surface area contributed by atoms with Gasteiger partial charge in [0.2, 0.25) is 0 Å². The van der Waals surface area contributed by atoms with Gasteiger partial charge in [0.15, 0.2) is 0 Å². The van der Waals surface area contributed by atoms with Crippen LogP contribution in [0.4, 0.5) is 0 Å². The summed E-state index contributed by atoms with van der Waals surface area (Å²) in [4.78, 5) is 29.4. The second kappa shape index (κ2) is 7.92. The molecule has 0 N–H and O–H groups in total. The first-order valence-electron chi connectivity index (χ1n) is 8.50. The van der Waals surface area contributed by atoms with Crippen molar-refractivity contribution in [1.82, 2.24) is 9.80 Å². The van der Waals surface area contributed by atoms with Crippen molar-refractivity contribution in [3.63, 3.8) is 0 Å². The minimum absolute atomic E-state index is 0.00703. The second-order valence-corrected chi connectivity index (χ2v) is 8.46. The molecule has 0 saturated carbocycles. The van der Waals surface area contributed by atoms with E-state index in [1.54, 1.807) is 0 Å². The summed E-state index contributed by atoms with van der Waals surface area (Å²) in [5.41, 5.74) is 1.33. The van der Waals surface area contributed by atoms with E-state index < -0.39 is 0 Å². The summed E-state index contributed by atoms with van der Waals surface area (Å²) < 4.78 is 1.89. The summed E-state index contributed by atoms with van der Waals surface area (Å²) in [5.74, 6) is 0.0141. The molecule has 2 atom stereocenters. The molecule has 0 spiro atoms. The molecule has 6 heteroatoms. The Morgan fingerprint density at radius 3 is 1.35 bits per heavy atom. The van der Waals surface area contributed by atoms with Gasteiger partial charge in [0.05, 0.1) is 0 Å². The monoisotopic (exact) mass is 478 g/mol. The van der Waals surface area contributed by atoms with Crippen LogP contribution in [0.1, 0.15) is 34.6 Å². The van der Waals surface area contributed by atoms with E-state index in [9.17, 15) is 9.59 Å². The molecule has 2 unspecified atom stereocenters. The first-order chi connectivity index (χ1) is 12.4. The van der Waals surface area contributed by atoms with Crippen LogP contribution < -0.4 is 0 Å². The van der Waals surface area contributed by atoms with Crippen LogP contribution in [-0.4, -0.2) is 46.8 Å². The summed E-state index contributed by atoms with van der Waals surface area (Å²) >= 11 is 6.78. The van der Waals surface area contributed by atoms with Gasteiger partial charge in [0.25, 0.3) is 11.8 Å². The number of hydrogen-bond acceptors (Lipinski definition) is 2. The molecular weight excluding hydrogens is 460 g/mol. The number of benzene rings is 2. The van der Waals surface area contributed by atoms with Crippen LogP contribution >= 0.6 is 31.9 Å². The van der Waals surface area contributed by atoms with Gasteiger partial charge < -0.3 is 9.80 Å². The second-order valence-electron chi connectivity index (χ2n) is 6.63. The van der Waals surface area contributed by atoms with Crippen molar-refractivity contribution in [1.29, 1.82) is 0 Å². The maximum absolute atomic E-state index is 12.9. The summed E-state index contributed by atoms with van der Waals surface area (Å²) in [5, 5.41) is 0. The number of nitrogens with zero attached hydrogens (tertiary/aromatic N) is 2. The van der Waals surface area contributed by atoms with Crippen LogP contribution in [-0.2, 0) is 0 Å². The van der Waals surface area contributed by atoms with Crippen molar-refractivity contribution in [2.75, 3.05) is 13.1 Å². The molecular formula is C20H20Br2N2O2. The largest absolute Gasteiger partial charge is 0.332 e.